The standard InChI is InChI=1S/C21H23BrN2O2S/c1-3-14-8-10-18(16(22)12-14)26-11-5-6-20(25)24-21-23-17-9-7-15(4-2)13-19(17)27-21/h7-10,12-13H,3-6,11H2,1-2H3,(H,23,24,25). The van der Waals surface area contributed by atoms with Crippen LogP contribution in [-0.2, 0) is 17.6 Å². The monoisotopic (exact) mass is 446 g/mol. The minimum atomic E-state index is -0.0335. The molecule has 0 radical (unpaired) electrons. The van der Waals surface area contributed by atoms with Gasteiger partial charge >= 0.3 is 0 Å². The third-order valence-electron chi connectivity index (χ3n) is 4.32. The molecule has 1 heterocycles. The van der Waals surface area contributed by atoms with Crippen molar-refractivity contribution in [2.24, 2.45) is 0 Å². The Morgan fingerprint density at radius 2 is 1.89 bits per heavy atom. The molecule has 1 amide bonds. The number of carbonyl (C=O) groups is 1. The number of halogens is 1. The van der Waals surface area contributed by atoms with Crippen LogP contribution in [-0.4, -0.2) is 17.5 Å². The first-order valence-electron chi connectivity index (χ1n) is 9.19. The van der Waals surface area contributed by atoms with Gasteiger partial charge in [-0.15, -0.1) is 0 Å². The van der Waals surface area contributed by atoms with Crippen molar-refractivity contribution in [3.63, 3.8) is 0 Å². The number of hydrogen-bond donors (Lipinski definition) is 1. The van der Waals surface area contributed by atoms with Crippen molar-refractivity contribution in [2.45, 2.75) is 39.5 Å². The van der Waals surface area contributed by atoms with Gasteiger partial charge in [-0.1, -0.05) is 37.3 Å². The Kier molecular flexibility index (Phi) is 6.85. The van der Waals surface area contributed by atoms with Crippen LogP contribution in [0.5, 0.6) is 5.75 Å². The van der Waals surface area contributed by atoms with Crippen LogP contribution in [0, 0.1) is 0 Å². The molecule has 2 aromatic carbocycles. The van der Waals surface area contributed by atoms with Crippen molar-refractivity contribution >= 4 is 48.5 Å². The van der Waals surface area contributed by atoms with Gasteiger partial charge in [0.1, 0.15) is 5.75 Å². The van der Waals surface area contributed by atoms with Crippen LogP contribution in [0.4, 0.5) is 5.13 Å². The number of nitrogens with zero attached hydrogens (tertiary/aromatic N) is 1. The van der Waals surface area contributed by atoms with E-state index in [1.165, 1.54) is 22.5 Å². The third-order valence-corrected chi connectivity index (χ3v) is 5.87. The maximum Gasteiger partial charge on any atom is 0.226 e. The van der Waals surface area contributed by atoms with Gasteiger partial charge in [-0.05, 0) is 70.6 Å². The van der Waals surface area contributed by atoms with Crippen molar-refractivity contribution in [1.82, 2.24) is 4.98 Å². The average molecular weight is 447 g/mol. The molecular weight excluding hydrogens is 424 g/mol. The number of amides is 1. The van der Waals surface area contributed by atoms with E-state index in [-0.39, 0.29) is 5.91 Å². The molecule has 0 spiro atoms. The van der Waals surface area contributed by atoms with Gasteiger partial charge in [0, 0.05) is 6.42 Å². The van der Waals surface area contributed by atoms with Crippen molar-refractivity contribution in [3.05, 3.63) is 52.0 Å². The Bertz CT molecular complexity index is 939. The second kappa shape index (κ2) is 9.33. The van der Waals surface area contributed by atoms with E-state index in [9.17, 15) is 4.79 Å². The van der Waals surface area contributed by atoms with Gasteiger partial charge in [0.15, 0.2) is 5.13 Å². The van der Waals surface area contributed by atoms with E-state index in [0.29, 0.717) is 24.6 Å². The smallest absolute Gasteiger partial charge is 0.226 e. The first-order chi connectivity index (χ1) is 13.1. The Hall–Kier alpha value is -1.92. The van der Waals surface area contributed by atoms with Crippen molar-refractivity contribution in [1.29, 1.82) is 0 Å². The zero-order valence-corrected chi connectivity index (χ0v) is 18.0. The van der Waals surface area contributed by atoms with Gasteiger partial charge < -0.3 is 10.1 Å². The van der Waals surface area contributed by atoms with Crippen molar-refractivity contribution < 1.29 is 9.53 Å². The second-order valence-corrected chi connectivity index (χ2v) is 8.18. The molecule has 0 saturated carbocycles. The lowest BCUT2D eigenvalue weighted by Gasteiger charge is -2.09. The first kappa shape index (κ1) is 19.8. The number of aromatic nitrogens is 1. The lowest BCUT2D eigenvalue weighted by Crippen LogP contribution is -2.12. The molecule has 0 aliphatic rings. The van der Waals surface area contributed by atoms with Gasteiger partial charge in [0.2, 0.25) is 5.91 Å². The molecule has 0 saturated heterocycles. The number of thiazole rings is 1. The Morgan fingerprint density at radius 3 is 2.63 bits per heavy atom. The molecule has 3 aromatic rings. The van der Waals surface area contributed by atoms with Crippen LogP contribution in [0.2, 0.25) is 0 Å². The minimum Gasteiger partial charge on any atom is -0.492 e. The number of hydrogen-bond acceptors (Lipinski definition) is 4. The molecule has 0 bridgehead atoms. The van der Waals surface area contributed by atoms with Crippen molar-refractivity contribution in [2.75, 3.05) is 11.9 Å². The molecule has 6 heteroatoms. The van der Waals surface area contributed by atoms with Gasteiger partial charge in [-0.2, -0.15) is 0 Å². The molecular formula is C21H23BrN2O2S. The zero-order valence-electron chi connectivity index (χ0n) is 15.5. The fourth-order valence-corrected chi connectivity index (χ4v) is 4.21. The van der Waals surface area contributed by atoms with E-state index >= 15 is 0 Å². The Morgan fingerprint density at radius 1 is 1.15 bits per heavy atom. The minimum absolute atomic E-state index is 0.0335. The lowest BCUT2D eigenvalue weighted by atomic mass is 10.2. The summed E-state index contributed by atoms with van der Waals surface area (Å²) >= 11 is 5.05. The second-order valence-electron chi connectivity index (χ2n) is 6.29. The predicted molar refractivity (Wildman–Crippen MR) is 116 cm³/mol. The largest absolute Gasteiger partial charge is 0.492 e. The van der Waals surface area contributed by atoms with Crippen LogP contribution in [0.3, 0.4) is 0 Å². The predicted octanol–water partition coefficient (Wildman–Crippen LogP) is 5.98. The number of ether oxygens (including phenoxy) is 1. The number of rotatable bonds is 8. The molecule has 0 aliphatic heterocycles. The topological polar surface area (TPSA) is 51.2 Å². The van der Waals surface area contributed by atoms with E-state index in [1.807, 2.05) is 12.1 Å². The molecule has 0 unspecified atom stereocenters. The number of anilines is 1. The summed E-state index contributed by atoms with van der Waals surface area (Å²) in [6, 6.07) is 12.3. The number of aryl methyl sites for hydroxylation is 2. The summed E-state index contributed by atoms with van der Waals surface area (Å²) in [7, 11) is 0. The molecule has 1 aromatic heterocycles. The normalized spacial score (nSPS) is 10.9. The van der Waals surface area contributed by atoms with E-state index in [4.69, 9.17) is 4.74 Å². The Balaban J connectivity index is 1.47. The maximum atomic E-state index is 12.2. The third kappa shape index (κ3) is 5.30. The molecule has 0 aliphatic carbocycles. The van der Waals surface area contributed by atoms with Gasteiger partial charge in [0.25, 0.3) is 0 Å². The highest BCUT2D eigenvalue weighted by molar-refractivity contribution is 9.10. The number of nitrogens with one attached hydrogen (secondary N) is 1. The number of carbonyl (C=O) groups excluding carboxylic acids is 1. The summed E-state index contributed by atoms with van der Waals surface area (Å²) in [5.41, 5.74) is 3.46. The van der Waals surface area contributed by atoms with Crippen molar-refractivity contribution in [3.8, 4) is 5.75 Å². The van der Waals surface area contributed by atoms with Gasteiger partial charge in [-0.25, -0.2) is 4.98 Å². The van der Waals surface area contributed by atoms with Crippen LogP contribution in [0.1, 0.15) is 37.8 Å². The average Bonchev–Trinajstić information content (AvgIpc) is 3.07. The molecule has 3 rings (SSSR count). The Labute approximate surface area is 172 Å². The fourth-order valence-electron chi connectivity index (χ4n) is 2.72. The highest BCUT2D eigenvalue weighted by Gasteiger charge is 2.09. The van der Waals surface area contributed by atoms with Crippen LogP contribution >= 0.6 is 27.3 Å². The van der Waals surface area contributed by atoms with E-state index < -0.39 is 0 Å². The SMILES string of the molecule is CCc1ccc(OCCCC(=O)Nc2nc3ccc(CC)cc3s2)c(Br)c1. The summed E-state index contributed by atoms with van der Waals surface area (Å²) in [4.78, 5) is 16.6. The van der Waals surface area contributed by atoms with Crippen LogP contribution in [0.15, 0.2) is 40.9 Å². The van der Waals surface area contributed by atoms with E-state index in [1.54, 1.807) is 0 Å². The lowest BCUT2D eigenvalue weighted by molar-refractivity contribution is -0.116. The molecule has 0 atom stereocenters. The molecule has 142 valence electrons. The maximum absolute atomic E-state index is 12.2. The summed E-state index contributed by atoms with van der Waals surface area (Å²) in [5.74, 6) is 0.777. The molecule has 27 heavy (non-hydrogen) atoms. The quantitative estimate of drug-likeness (QED) is 0.432. The molecule has 0 fully saturated rings. The van der Waals surface area contributed by atoms with Crippen LogP contribution in [0.25, 0.3) is 10.2 Å². The zero-order chi connectivity index (χ0) is 19.2. The highest BCUT2D eigenvalue weighted by atomic mass is 79.9. The van der Waals surface area contributed by atoms with E-state index in [0.717, 1.165) is 33.3 Å². The summed E-state index contributed by atoms with van der Waals surface area (Å²) in [6.07, 6.45) is 3.04. The van der Waals surface area contributed by atoms with Gasteiger partial charge in [-0.3, -0.25) is 4.79 Å². The number of benzene rings is 2. The fraction of sp³-hybridized carbons (Fsp3) is 0.333. The molecule has 1 N–H and O–H groups in total. The van der Waals surface area contributed by atoms with E-state index in [2.05, 4.69) is 64.3 Å². The molecule has 4 nitrogen and oxygen atoms in total. The summed E-state index contributed by atoms with van der Waals surface area (Å²) in [5, 5.41) is 3.55. The van der Waals surface area contributed by atoms with Gasteiger partial charge in [0.05, 0.1) is 21.3 Å². The summed E-state index contributed by atoms with van der Waals surface area (Å²) < 4.78 is 7.83. The highest BCUT2D eigenvalue weighted by Crippen LogP contribution is 2.28. The summed E-state index contributed by atoms with van der Waals surface area (Å²) in [6.45, 7) is 4.75. The van der Waals surface area contributed by atoms with Crippen LogP contribution < -0.4 is 10.1 Å². The first-order valence-corrected chi connectivity index (χ1v) is 10.8. The number of fused-ring (bicyclic) bond motifs is 1.